The third kappa shape index (κ3) is 6.10. The first-order valence-electron chi connectivity index (χ1n) is 11.4. The van der Waals surface area contributed by atoms with Gasteiger partial charge in [0, 0.05) is 11.8 Å². The van der Waals surface area contributed by atoms with Gasteiger partial charge < -0.3 is 18.9 Å². The van der Waals surface area contributed by atoms with E-state index in [2.05, 4.69) is 0 Å². The Balaban J connectivity index is 1.40. The van der Waals surface area contributed by atoms with Crippen LogP contribution in [-0.2, 0) is 25.6 Å². The van der Waals surface area contributed by atoms with Crippen LogP contribution >= 0.6 is 0 Å². The molecule has 6 nitrogen and oxygen atoms in total. The van der Waals surface area contributed by atoms with Crippen molar-refractivity contribution in [3.8, 4) is 0 Å². The van der Waals surface area contributed by atoms with Gasteiger partial charge in [0.1, 0.15) is 12.7 Å². The summed E-state index contributed by atoms with van der Waals surface area (Å²) in [6.07, 6.45) is -1.23. The van der Waals surface area contributed by atoms with Gasteiger partial charge in [0.05, 0.1) is 24.3 Å². The molecule has 0 saturated carbocycles. The van der Waals surface area contributed by atoms with E-state index in [1.54, 1.807) is 48.5 Å². The molecule has 0 amide bonds. The second-order valence-corrected chi connectivity index (χ2v) is 8.30. The van der Waals surface area contributed by atoms with Crippen LogP contribution in [0, 0.1) is 11.8 Å². The molecule has 1 aliphatic rings. The van der Waals surface area contributed by atoms with Gasteiger partial charge in [0.25, 0.3) is 0 Å². The van der Waals surface area contributed by atoms with Crippen LogP contribution < -0.4 is 0 Å². The molecule has 1 saturated heterocycles. The average Bonchev–Trinajstić information content (AvgIpc) is 3.18. The Bertz CT molecular complexity index is 1050. The van der Waals surface area contributed by atoms with E-state index in [0.29, 0.717) is 24.3 Å². The fourth-order valence-electron chi connectivity index (χ4n) is 3.94. The van der Waals surface area contributed by atoms with Crippen LogP contribution in [0.2, 0.25) is 0 Å². The van der Waals surface area contributed by atoms with Gasteiger partial charge in [-0.3, -0.25) is 0 Å². The Morgan fingerprint density at radius 2 is 1.32 bits per heavy atom. The fourth-order valence-corrected chi connectivity index (χ4v) is 3.94. The number of hydrogen-bond donors (Lipinski definition) is 0. The van der Waals surface area contributed by atoms with E-state index in [4.69, 9.17) is 18.9 Å². The van der Waals surface area contributed by atoms with Gasteiger partial charge in [-0.15, -0.1) is 0 Å². The van der Waals surface area contributed by atoms with Gasteiger partial charge in [0.15, 0.2) is 0 Å². The van der Waals surface area contributed by atoms with Gasteiger partial charge in [0.2, 0.25) is 6.29 Å². The van der Waals surface area contributed by atoms with Crippen molar-refractivity contribution < 1.29 is 28.5 Å². The summed E-state index contributed by atoms with van der Waals surface area (Å²) >= 11 is 0. The number of esters is 2. The molecule has 3 aromatic carbocycles. The first kappa shape index (κ1) is 23.7. The standard InChI is InChI=1S/C28H28O6/c1-20-24(18-31-17-21-11-5-2-6-12-21)25(19-32-26(29)22-13-7-3-8-14-22)33-28(20)34-27(30)23-15-9-4-10-16-23/h2-16,20,24-25,28H,17-19H2,1H3. The van der Waals surface area contributed by atoms with Crippen LogP contribution in [0.15, 0.2) is 91.0 Å². The number of carbonyl (C=O) groups is 2. The zero-order chi connectivity index (χ0) is 23.8. The molecule has 0 bridgehead atoms. The minimum atomic E-state index is -0.765. The van der Waals surface area contributed by atoms with Gasteiger partial charge in [-0.1, -0.05) is 73.7 Å². The minimum Gasteiger partial charge on any atom is -0.459 e. The van der Waals surface area contributed by atoms with Crippen molar-refractivity contribution in [1.29, 1.82) is 0 Å². The van der Waals surface area contributed by atoms with E-state index < -0.39 is 24.3 Å². The third-order valence-electron chi connectivity index (χ3n) is 5.93. The molecule has 0 radical (unpaired) electrons. The molecule has 34 heavy (non-hydrogen) atoms. The lowest BCUT2D eigenvalue weighted by atomic mass is 9.92. The summed E-state index contributed by atoms with van der Waals surface area (Å²) in [5.41, 5.74) is 1.99. The monoisotopic (exact) mass is 460 g/mol. The maximum absolute atomic E-state index is 12.6. The molecule has 0 aromatic heterocycles. The average molecular weight is 461 g/mol. The van der Waals surface area contributed by atoms with Crippen LogP contribution in [0.1, 0.15) is 33.2 Å². The highest BCUT2D eigenvalue weighted by molar-refractivity contribution is 5.89. The lowest BCUT2D eigenvalue weighted by Gasteiger charge is -2.20. The van der Waals surface area contributed by atoms with E-state index in [9.17, 15) is 9.59 Å². The molecular formula is C28H28O6. The molecular weight excluding hydrogens is 432 g/mol. The SMILES string of the molecule is CC1C(OC(=O)c2ccccc2)OC(COC(=O)c2ccccc2)C1COCc1ccccc1. The van der Waals surface area contributed by atoms with Gasteiger partial charge in [-0.05, 0) is 29.8 Å². The normalized spacial score (nSPS) is 21.7. The Morgan fingerprint density at radius 3 is 1.94 bits per heavy atom. The van der Waals surface area contributed by atoms with Gasteiger partial charge in [-0.25, -0.2) is 9.59 Å². The van der Waals surface area contributed by atoms with Crippen LogP contribution in [0.3, 0.4) is 0 Å². The summed E-state index contributed by atoms with van der Waals surface area (Å²) in [6.45, 7) is 2.83. The number of carbonyl (C=O) groups excluding carboxylic acids is 2. The molecule has 1 fully saturated rings. The summed E-state index contributed by atoms with van der Waals surface area (Å²) in [6, 6.07) is 27.5. The molecule has 176 valence electrons. The predicted molar refractivity (Wildman–Crippen MR) is 126 cm³/mol. The number of benzene rings is 3. The zero-order valence-corrected chi connectivity index (χ0v) is 19.0. The predicted octanol–water partition coefficient (Wildman–Crippen LogP) is 4.89. The van der Waals surface area contributed by atoms with E-state index in [-0.39, 0.29) is 18.4 Å². The molecule has 1 heterocycles. The van der Waals surface area contributed by atoms with Crippen molar-refractivity contribution in [2.45, 2.75) is 25.9 Å². The quantitative estimate of drug-likeness (QED) is 0.423. The van der Waals surface area contributed by atoms with Crippen molar-refractivity contribution >= 4 is 11.9 Å². The third-order valence-corrected chi connectivity index (χ3v) is 5.93. The van der Waals surface area contributed by atoms with Crippen molar-refractivity contribution in [2.24, 2.45) is 11.8 Å². The molecule has 4 atom stereocenters. The van der Waals surface area contributed by atoms with E-state index in [1.165, 1.54) is 0 Å². The van der Waals surface area contributed by atoms with Gasteiger partial charge in [-0.2, -0.15) is 0 Å². The number of rotatable bonds is 9. The fraction of sp³-hybridized carbons (Fsp3) is 0.286. The highest BCUT2D eigenvalue weighted by Crippen LogP contribution is 2.34. The maximum atomic E-state index is 12.6. The second-order valence-electron chi connectivity index (χ2n) is 8.30. The minimum absolute atomic E-state index is 0.0385. The van der Waals surface area contributed by atoms with Crippen molar-refractivity contribution in [1.82, 2.24) is 0 Å². The summed E-state index contributed by atoms with van der Waals surface area (Å²) in [7, 11) is 0. The van der Waals surface area contributed by atoms with E-state index in [0.717, 1.165) is 5.56 Å². The highest BCUT2D eigenvalue weighted by Gasteiger charge is 2.44. The molecule has 4 unspecified atom stereocenters. The lowest BCUT2D eigenvalue weighted by Crippen LogP contribution is -2.30. The first-order valence-corrected chi connectivity index (χ1v) is 11.4. The molecule has 0 N–H and O–H groups in total. The number of ether oxygens (including phenoxy) is 4. The molecule has 6 heteroatoms. The van der Waals surface area contributed by atoms with E-state index >= 15 is 0 Å². The molecule has 1 aliphatic heterocycles. The van der Waals surface area contributed by atoms with Crippen LogP contribution in [0.25, 0.3) is 0 Å². The Hall–Kier alpha value is -3.48. The summed E-state index contributed by atoms with van der Waals surface area (Å²) in [5, 5.41) is 0. The van der Waals surface area contributed by atoms with Crippen LogP contribution in [0.4, 0.5) is 0 Å². The van der Waals surface area contributed by atoms with Gasteiger partial charge >= 0.3 is 11.9 Å². The lowest BCUT2D eigenvalue weighted by molar-refractivity contribution is -0.124. The molecule has 3 aromatic rings. The summed E-state index contributed by atoms with van der Waals surface area (Å²) < 4.78 is 23.2. The molecule has 0 spiro atoms. The largest absolute Gasteiger partial charge is 0.459 e. The molecule has 0 aliphatic carbocycles. The second kappa shape index (κ2) is 11.6. The maximum Gasteiger partial charge on any atom is 0.340 e. The zero-order valence-electron chi connectivity index (χ0n) is 19.0. The van der Waals surface area contributed by atoms with Crippen LogP contribution in [0.5, 0.6) is 0 Å². The topological polar surface area (TPSA) is 71.1 Å². The first-order chi connectivity index (χ1) is 16.6. The van der Waals surface area contributed by atoms with Crippen molar-refractivity contribution in [3.05, 3.63) is 108 Å². The Labute approximate surface area is 199 Å². The Morgan fingerprint density at radius 1 is 0.765 bits per heavy atom. The summed E-state index contributed by atoms with van der Waals surface area (Å²) in [4.78, 5) is 25.0. The highest BCUT2D eigenvalue weighted by atomic mass is 16.7. The summed E-state index contributed by atoms with van der Waals surface area (Å²) in [5.74, 6) is -1.15. The molecule has 4 rings (SSSR count). The number of hydrogen-bond acceptors (Lipinski definition) is 6. The smallest absolute Gasteiger partial charge is 0.340 e. The van der Waals surface area contributed by atoms with Crippen molar-refractivity contribution in [2.75, 3.05) is 13.2 Å². The van der Waals surface area contributed by atoms with E-state index in [1.807, 2.05) is 49.4 Å². The Kier molecular flexibility index (Phi) is 8.07. The van der Waals surface area contributed by atoms with Crippen LogP contribution in [-0.4, -0.2) is 37.5 Å². The van der Waals surface area contributed by atoms with Crippen molar-refractivity contribution in [3.63, 3.8) is 0 Å².